The van der Waals surface area contributed by atoms with E-state index in [1.165, 1.54) is 0 Å². The van der Waals surface area contributed by atoms with E-state index >= 15 is 0 Å². The smallest absolute Gasteiger partial charge is 0.129 e. The highest BCUT2D eigenvalue weighted by Crippen LogP contribution is 2.26. The van der Waals surface area contributed by atoms with Gasteiger partial charge in [0.15, 0.2) is 0 Å². The lowest BCUT2D eigenvalue weighted by atomic mass is 9.99. The summed E-state index contributed by atoms with van der Waals surface area (Å²) in [5, 5.41) is 0. The molecule has 0 heterocycles. The van der Waals surface area contributed by atoms with Gasteiger partial charge in [-0.05, 0) is 24.2 Å². The molecule has 0 aliphatic carbocycles. The summed E-state index contributed by atoms with van der Waals surface area (Å²) >= 11 is 3.30. The molecule has 72 valence electrons. The van der Waals surface area contributed by atoms with Crippen molar-refractivity contribution in [2.75, 3.05) is 6.54 Å². The first kappa shape index (κ1) is 10.7. The van der Waals surface area contributed by atoms with Crippen LogP contribution >= 0.6 is 15.9 Å². The summed E-state index contributed by atoms with van der Waals surface area (Å²) in [6.07, 6.45) is -0.960. The first-order valence-electron chi connectivity index (χ1n) is 4.24. The molecule has 2 atom stereocenters. The molecule has 13 heavy (non-hydrogen) atoms. The van der Waals surface area contributed by atoms with E-state index in [0.29, 0.717) is 12.1 Å². The van der Waals surface area contributed by atoms with Crippen LogP contribution < -0.4 is 5.73 Å². The van der Waals surface area contributed by atoms with Gasteiger partial charge in [-0.25, -0.2) is 4.39 Å². The Kier molecular flexibility index (Phi) is 3.88. The fourth-order valence-electron chi connectivity index (χ4n) is 1.09. The Labute approximate surface area is 86.3 Å². The number of benzene rings is 1. The van der Waals surface area contributed by atoms with E-state index in [1.807, 2.05) is 19.1 Å². The lowest BCUT2D eigenvalue weighted by Crippen LogP contribution is -2.16. The second-order valence-electron chi connectivity index (χ2n) is 3.17. The van der Waals surface area contributed by atoms with Crippen LogP contribution in [0.5, 0.6) is 0 Å². The maximum Gasteiger partial charge on any atom is 0.129 e. The third kappa shape index (κ3) is 2.78. The fourth-order valence-corrected chi connectivity index (χ4v) is 1.36. The number of hydrogen-bond donors (Lipinski definition) is 1. The third-order valence-electron chi connectivity index (χ3n) is 2.06. The van der Waals surface area contributed by atoms with E-state index in [-0.39, 0.29) is 5.92 Å². The standard InChI is InChI=1S/C10H13BrFN/c1-7(6-13)10(12)8-2-4-9(11)5-3-8/h2-5,7,10H,6,13H2,1H3. The van der Waals surface area contributed by atoms with Crippen LogP contribution in [0.15, 0.2) is 28.7 Å². The van der Waals surface area contributed by atoms with Crippen molar-refractivity contribution in [3.63, 3.8) is 0 Å². The van der Waals surface area contributed by atoms with Gasteiger partial charge >= 0.3 is 0 Å². The van der Waals surface area contributed by atoms with Crippen molar-refractivity contribution in [1.29, 1.82) is 0 Å². The molecule has 2 N–H and O–H groups in total. The normalized spacial score (nSPS) is 15.4. The molecular formula is C10H13BrFN. The second kappa shape index (κ2) is 4.72. The number of nitrogens with two attached hydrogens (primary N) is 1. The highest BCUT2D eigenvalue weighted by atomic mass is 79.9. The van der Waals surface area contributed by atoms with Crippen LogP contribution in [0, 0.1) is 5.92 Å². The number of hydrogen-bond acceptors (Lipinski definition) is 1. The lowest BCUT2D eigenvalue weighted by Gasteiger charge is -2.14. The topological polar surface area (TPSA) is 26.0 Å². The quantitative estimate of drug-likeness (QED) is 0.871. The molecule has 0 amide bonds. The number of alkyl halides is 1. The fraction of sp³-hybridized carbons (Fsp3) is 0.400. The van der Waals surface area contributed by atoms with Gasteiger partial charge in [-0.3, -0.25) is 0 Å². The molecule has 0 spiro atoms. The van der Waals surface area contributed by atoms with Crippen molar-refractivity contribution >= 4 is 15.9 Å². The summed E-state index contributed by atoms with van der Waals surface area (Å²) in [4.78, 5) is 0. The molecule has 1 rings (SSSR count). The van der Waals surface area contributed by atoms with Crippen molar-refractivity contribution in [2.24, 2.45) is 11.7 Å². The van der Waals surface area contributed by atoms with Gasteiger partial charge in [0, 0.05) is 10.4 Å². The van der Waals surface area contributed by atoms with Crippen LogP contribution in [0.1, 0.15) is 18.7 Å². The Morgan fingerprint density at radius 3 is 2.38 bits per heavy atom. The summed E-state index contributed by atoms with van der Waals surface area (Å²) in [6.45, 7) is 2.18. The molecule has 1 nitrogen and oxygen atoms in total. The van der Waals surface area contributed by atoms with Gasteiger partial charge in [0.1, 0.15) is 6.17 Å². The van der Waals surface area contributed by atoms with E-state index in [0.717, 1.165) is 4.47 Å². The molecule has 0 aliphatic heterocycles. The van der Waals surface area contributed by atoms with Crippen molar-refractivity contribution in [1.82, 2.24) is 0 Å². The van der Waals surface area contributed by atoms with Crippen LogP contribution in [-0.2, 0) is 0 Å². The second-order valence-corrected chi connectivity index (χ2v) is 4.08. The molecular weight excluding hydrogens is 233 g/mol. The molecule has 0 saturated heterocycles. The summed E-state index contributed by atoms with van der Waals surface area (Å²) < 4.78 is 14.5. The molecule has 0 bridgehead atoms. The maximum absolute atomic E-state index is 13.6. The minimum absolute atomic E-state index is 0.124. The van der Waals surface area contributed by atoms with E-state index in [2.05, 4.69) is 15.9 Å². The Balaban J connectivity index is 2.77. The van der Waals surface area contributed by atoms with Gasteiger partial charge in [-0.15, -0.1) is 0 Å². The van der Waals surface area contributed by atoms with Crippen LogP contribution in [-0.4, -0.2) is 6.54 Å². The van der Waals surface area contributed by atoms with Gasteiger partial charge in [-0.2, -0.15) is 0 Å². The highest BCUT2D eigenvalue weighted by Gasteiger charge is 2.16. The zero-order valence-electron chi connectivity index (χ0n) is 7.50. The van der Waals surface area contributed by atoms with Crippen molar-refractivity contribution in [3.05, 3.63) is 34.3 Å². The highest BCUT2D eigenvalue weighted by molar-refractivity contribution is 9.10. The Morgan fingerprint density at radius 1 is 1.38 bits per heavy atom. The molecule has 0 saturated carbocycles. The first-order chi connectivity index (χ1) is 6.15. The van der Waals surface area contributed by atoms with Gasteiger partial charge in [0.2, 0.25) is 0 Å². The van der Waals surface area contributed by atoms with Crippen LogP contribution in [0.4, 0.5) is 4.39 Å². The van der Waals surface area contributed by atoms with E-state index in [4.69, 9.17) is 5.73 Å². The summed E-state index contributed by atoms with van der Waals surface area (Å²) in [5.74, 6) is -0.124. The maximum atomic E-state index is 13.6. The molecule has 3 heteroatoms. The number of halogens is 2. The minimum Gasteiger partial charge on any atom is -0.330 e. The van der Waals surface area contributed by atoms with E-state index in [9.17, 15) is 4.39 Å². The molecule has 0 fully saturated rings. The van der Waals surface area contributed by atoms with Crippen LogP contribution in [0.2, 0.25) is 0 Å². The zero-order chi connectivity index (χ0) is 9.84. The molecule has 0 aliphatic rings. The van der Waals surface area contributed by atoms with E-state index in [1.54, 1.807) is 12.1 Å². The average molecular weight is 246 g/mol. The van der Waals surface area contributed by atoms with Gasteiger partial charge < -0.3 is 5.73 Å². The monoisotopic (exact) mass is 245 g/mol. The average Bonchev–Trinajstić information content (AvgIpc) is 2.17. The van der Waals surface area contributed by atoms with Crippen molar-refractivity contribution in [3.8, 4) is 0 Å². The lowest BCUT2D eigenvalue weighted by molar-refractivity contribution is 0.251. The Bertz CT molecular complexity index is 260. The van der Waals surface area contributed by atoms with Crippen LogP contribution in [0.3, 0.4) is 0 Å². The third-order valence-corrected chi connectivity index (χ3v) is 2.59. The first-order valence-corrected chi connectivity index (χ1v) is 5.04. The Hall–Kier alpha value is -0.410. The van der Waals surface area contributed by atoms with Crippen molar-refractivity contribution < 1.29 is 4.39 Å². The largest absolute Gasteiger partial charge is 0.330 e. The predicted octanol–water partition coefficient (Wildman–Crippen LogP) is 3.05. The van der Waals surface area contributed by atoms with Crippen LogP contribution in [0.25, 0.3) is 0 Å². The summed E-state index contributed by atoms with van der Waals surface area (Å²) in [5.41, 5.74) is 6.09. The number of rotatable bonds is 3. The molecule has 1 aromatic rings. The summed E-state index contributed by atoms with van der Waals surface area (Å²) in [6, 6.07) is 7.23. The zero-order valence-corrected chi connectivity index (χ0v) is 9.09. The minimum atomic E-state index is -0.960. The van der Waals surface area contributed by atoms with Crippen molar-refractivity contribution in [2.45, 2.75) is 13.1 Å². The molecule has 0 aromatic heterocycles. The SMILES string of the molecule is CC(CN)C(F)c1ccc(Br)cc1. The molecule has 2 unspecified atom stereocenters. The summed E-state index contributed by atoms with van der Waals surface area (Å²) in [7, 11) is 0. The van der Waals surface area contributed by atoms with E-state index < -0.39 is 6.17 Å². The molecule has 0 radical (unpaired) electrons. The predicted molar refractivity (Wildman–Crippen MR) is 56.2 cm³/mol. The van der Waals surface area contributed by atoms with Gasteiger partial charge in [0.25, 0.3) is 0 Å². The molecule has 1 aromatic carbocycles. The Morgan fingerprint density at radius 2 is 1.92 bits per heavy atom. The van der Waals surface area contributed by atoms with Gasteiger partial charge in [-0.1, -0.05) is 35.0 Å². The van der Waals surface area contributed by atoms with Gasteiger partial charge in [0.05, 0.1) is 0 Å².